The van der Waals surface area contributed by atoms with Crippen LogP contribution in [0.25, 0.3) is 11.1 Å². The molecule has 0 amide bonds. The molecule has 52 heavy (non-hydrogen) atoms. The van der Waals surface area contributed by atoms with E-state index in [2.05, 4.69) is 10.2 Å². The number of ether oxygens (including phenoxy) is 2. The highest BCUT2D eigenvalue weighted by Crippen LogP contribution is 2.52. The molecular weight excluding hydrogens is 717 g/mol. The molecule has 0 spiro atoms. The maximum Gasteiger partial charge on any atom is 0.282 e. The monoisotopic (exact) mass is 748 g/mol. The van der Waals surface area contributed by atoms with Crippen LogP contribution in [0.15, 0.2) is 95.1 Å². The smallest absolute Gasteiger partial charge is 0.282 e. The van der Waals surface area contributed by atoms with Gasteiger partial charge in [0.2, 0.25) is 0 Å². The van der Waals surface area contributed by atoms with Gasteiger partial charge in [-0.05, 0) is 34.4 Å². The summed E-state index contributed by atoms with van der Waals surface area (Å²) in [5.74, 6) is 10.8. The molecule has 0 fully saturated rings. The fourth-order valence-corrected chi connectivity index (χ4v) is 9.92. The lowest BCUT2D eigenvalue weighted by atomic mass is 9.73. The molecule has 2 aliphatic rings. The molecule has 0 saturated heterocycles. The number of hydrogen-bond acceptors (Lipinski definition) is 14. The highest BCUT2D eigenvalue weighted by atomic mass is 32.2. The Morgan fingerprint density at radius 1 is 0.615 bits per heavy atom. The normalized spacial score (nSPS) is 24.7. The molecule has 0 saturated carbocycles. The molecular formula is C34H32N6O10S2. The summed E-state index contributed by atoms with van der Waals surface area (Å²) < 4.78 is 81.6. The van der Waals surface area contributed by atoms with Gasteiger partial charge in [0.15, 0.2) is 9.49 Å². The van der Waals surface area contributed by atoms with Crippen molar-refractivity contribution in [3.63, 3.8) is 0 Å². The topological polar surface area (TPSA) is 292 Å². The molecule has 4 atom stereocenters. The number of benzene rings is 4. The number of nitrogens with zero attached hydrogens (tertiary/aromatic N) is 2. The second-order valence-electron chi connectivity index (χ2n) is 11.9. The number of nitrogens with one attached hydrogen (secondary N) is 2. The number of nitrogens with two attached hydrogens (primary N) is 2. The average Bonchev–Trinajstić information content (AvgIpc) is 3.11. The summed E-state index contributed by atoms with van der Waals surface area (Å²) in [6, 6.07) is 19.8. The summed E-state index contributed by atoms with van der Waals surface area (Å²) in [7, 11) is -8.11. The molecule has 0 aromatic heterocycles. The number of fused-ring (bicyclic) bond motifs is 2. The maximum atomic E-state index is 13.5. The average molecular weight is 749 g/mol. The fourth-order valence-electron chi connectivity index (χ4n) is 7.33. The number of aliphatic hydroxyl groups is 2. The Labute approximate surface area is 297 Å². The first-order chi connectivity index (χ1) is 24.6. The molecule has 0 radical (unpaired) electrons. The Kier molecular flexibility index (Phi) is 8.81. The van der Waals surface area contributed by atoms with E-state index in [0.29, 0.717) is 11.1 Å². The highest BCUT2D eigenvalue weighted by Gasteiger charge is 2.61. The molecule has 0 heterocycles. The van der Waals surface area contributed by atoms with Gasteiger partial charge >= 0.3 is 0 Å². The molecule has 0 aliphatic heterocycles. The van der Waals surface area contributed by atoms with Crippen molar-refractivity contribution in [1.29, 1.82) is 10.8 Å². The van der Waals surface area contributed by atoms with E-state index in [1.54, 1.807) is 0 Å². The molecule has 4 aromatic carbocycles. The van der Waals surface area contributed by atoms with E-state index in [4.69, 9.17) is 32.0 Å². The van der Waals surface area contributed by atoms with Gasteiger partial charge in [-0.1, -0.05) is 72.8 Å². The van der Waals surface area contributed by atoms with Crippen molar-refractivity contribution in [3.8, 4) is 22.6 Å². The van der Waals surface area contributed by atoms with Crippen LogP contribution in [0.5, 0.6) is 11.5 Å². The van der Waals surface area contributed by atoms with Gasteiger partial charge in [0, 0.05) is 22.3 Å². The quantitative estimate of drug-likeness (QED) is 0.0762. The zero-order valence-electron chi connectivity index (χ0n) is 27.3. The number of hydrazone groups is 2. The summed E-state index contributed by atoms with van der Waals surface area (Å²) in [4.78, 5) is 0. The number of rotatable bonds is 7. The minimum absolute atomic E-state index is 0.0401. The minimum atomic E-state index is -5.29. The molecule has 10 N–H and O–H groups in total. The van der Waals surface area contributed by atoms with Gasteiger partial charge in [0.1, 0.15) is 35.1 Å². The fraction of sp³-hybridized carbons (Fsp3) is 0.176. The van der Waals surface area contributed by atoms with Gasteiger partial charge in [0.05, 0.1) is 25.6 Å². The zero-order valence-corrected chi connectivity index (χ0v) is 29.0. The maximum absolute atomic E-state index is 13.5. The van der Waals surface area contributed by atoms with E-state index >= 15 is 0 Å². The summed E-state index contributed by atoms with van der Waals surface area (Å²) in [5, 5.41) is 47.2. The van der Waals surface area contributed by atoms with E-state index < -0.39 is 53.4 Å². The Bertz CT molecular complexity index is 2300. The van der Waals surface area contributed by atoms with Gasteiger partial charge in [-0.2, -0.15) is 27.0 Å². The first kappa shape index (κ1) is 36.3. The third-order valence-electron chi connectivity index (χ3n) is 9.62. The van der Waals surface area contributed by atoms with Gasteiger partial charge in [0.25, 0.3) is 20.2 Å². The van der Waals surface area contributed by atoms with E-state index in [0.717, 1.165) is 0 Å². The first-order valence-corrected chi connectivity index (χ1v) is 18.1. The molecule has 270 valence electrons. The van der Waals surface area contributed by atoms with Crippen molar-refractivity contribution in [2.24, 2.45) is 21.9 Å². The van der Waals surface area contributed by atoms with Gasteiger partial charge in [-0.15, -0.1) is 0 Å². The van der Waals surface area contributed by atoms with Crippen LogP contribution < -0.4 is 21.2 Å². The van der Waals surface area contributed by atoms with Gasteiger partial charge in [-0.3, -0.25) is 19.9 Å². The van der Waals surface area contributed by atoms with Crippen LogP contribution in [0.1, 0.15) is 33.4 Å². The number of aliphatic hydroxyl groups excluding tert-OH is 2. The summed E-state index contributed by atoms with van der Waals surface area (Å²) in [5.41, 5.74) is -1.63. The van der Waals surface area contributed by atoms with Crippen molar-refractivity contribution in [2.75, 3.05) is 14.2 Å². The molecule has 16 nitrogen and oxygen atoms in total. The molecule has 6 rings (SSSR count). The Morgan fingerprint density at radius 2 is 0.962 bits per heavy atom. The zero-order chi connectivity index (χ0) is 38.0. The van der Waals surface area contributed by atoms with Crippen LogP contribution in [-0.2, 0) is 29.7 Å². The number of hydrogen-bond donors (Lipinski definition) is 8. The highest BCUT2D eigenvalue weighted by molar-refractivity contribution is 7.87. The molecule has 2 aliphatic carbocycles. The molecule has 0 bridgehead atoms. The van der Waals surface area contributed by atoms with Crippen molar-refractivity contribution >= 4 is 43.1 Å². The van der Waals surface area contributed by atoms with Gasteiger partial charge < -0.3 is 31.4 Å². The lowest BCUT2D eigenvalue weighted by Gasteiger charge is -2.41. The van der Waals surface area contributed by atoms with Crippen molar-refractivity contribution in [1.82, 2.24) is 0 Å². The molecule has 4 unspecified atom stereocenters. The second-order valence-corrected chi connectivity index (χ2v) is 15.1. The minimum Gasteiger partial charge on any atom is -0.496 e. The van der Waals surface area contributed by atoms with Crippen LogP contribution in [0, 0.1) is 10.8 Å². The molecule has 18 heteroatoms. The first-order valence-electron chi connectivity index (χ1n) is 15.2. The van der Waals surface area contributed by atoms with E-state index in [9.17, 15) is 36.2 Å². The van der Waals surface area contributed by atoms with Crippen molar-refractivity contribution in [3.05, 3.63) is 118 Å². The Morgan fingerprint density at radius 3 is 1.27 bits per heavy atom. The summed E-state index contributed by atoms with van der Waals surface area (Å²) >= 11 is 0. The lowest BCUT2D eigenvalue weighted by molar-refractivity contribution is 0.193. The largest absolute Gasteiger partial charge is 0.496 e. The van der Waals surface area contributed by atoms with E-state index in [-0.39, 0.29) is 56.3 Å². The van der Waals surface area contributed by atoms with Gasteiger partial charge in [-0.25, -0.2) is 0 Å². The lowest BCUT2D eigenvalue weighted by Crippen LogP contribution is -2.57. The predicted molar refractivity (Wildman–Crippen MR) is 191 cm³/mol. The standard InChI is InChI=1S/C34H32N6O10S2/c1-49-25-15-17(11-13-23(25)33(51(43,44)45)21-9-5-3-7-19(21)27(35)29(39-37)31(33)41)18-12-14-24(26(16-18)50-2)34(52(46,47)48)22-10-6-4-8-20(22)28(36)30(40-38)32(34)42/h3-16,31-32,35-36,41-42H,37-38H2,1-2H3,(H,43,44,45)(H,46,47,48). The van der Waals surface area contributed by atoms with Crippen LogP contribution in [0.2, 0.25) is 0 Å². The summed E-state index contributed by atoms with van der Waals surface area (Å²) in [6.07, 6.45) is -4.31. The van der Waals surface area contributed by atoms with E-state index in [1.807, 2.05) is 0 Å². The van der Waals surface area contributed by atoms with Crippen LogP contribution >= 0.6 is 0 Å². The number of methoxy groups -OCH3 is 2. The van der Waals surface area contributed by atoms with Crippen LogP contribution in [0.4, 0.5) is 0 Å². The second kappa shape index (κ2) is 12.6. The van der Waals surface area contributed by atoms with E-state index in [1.165, 1.54) is 99.1 Å². The van der Waals surface area contributed by atoms with Crippen LogP contribution in [0.3, 0.4) is 0 Å². The van der Waals surface area contributed by atoms with Crippen LogP contribution in [-0.4, -0.2) is 85.4 Å². The van der Waals surface area contributed by atoms with Crippen molar-refractivity contribution in [2.45, 2.75) is 21.7 Å². The predicted octanol–water partition coefficient (Wildman–Crippen LogP) is 1.75. The third-order valence-corrected chi connectivity index (χ3v) is 12.6. The molecule has 4 aromatic rings. The SMILES string of the molecule is COc1cc(-c2ccc(C3(S(=O)(=O)O)c4ccccc4C(=N)C(=NN)C3O)c(OC)c2)ccc1C1(S(=O)(=O)O)c2ccccc2C(=N)C(=NN)C1O. The third kappa shape index (κ3) is 4.80. The Hall–Kier alpha value is -5.50. The van der Waals surface area contributed by atoms with Crippen molar-refractivity contribution < 1.29 is 45.6 Å². The Balaban J connectivity index is 1.59. The summed E-state index contributed by atoms with van der Waals surface area (Å²) in [6.45, 7) is 0.